The number of aryl methyl sites for hydroxylation is 1. The number of ether oxygens (including phenoxy) is 1. The lowest BCUT2D eigenvalue weighted by Crippen LogP contribution is -2.29. The third-order valence-corrected chi connectivity index (χ3v) is 2.75. The summed E-state index contributed by atoms with van der Waals surface area (Å²) < 4.78 is 7.10. The van der Waals surface area contributed by atoms with Gasteiger partial charge in [0.15, 0.2) is 0 Å². The maximum atomic E-state index is 12.3. The molecule has 108 valence electrons. The Hall–Kier alpha value is -1.29. The average molecular weight is 267 g/mol. The van der Waals surface area contributed by atoms with Gasteiger partial charge in [0, 0.05) is 18.0 Å². The highest BCUT2D eigenvalue weighted by Crippen LogP contribution is 2.21. The summed E-state index contributed by atoms with van der Waals surface area (Å²) >= 11 is 0. The van der Waals surface area contributed by atoms with E-state index in [9.17, 15) is 4.79 Å². The third-order valence-electron chi connectivity index (χ3n) is 2.75. The maximum absolute atomic E-state index is 12.3. The Morgan fingerprint density at radius 2 is 2.00 bits per heavy atom. The van der Waals surface area contributed by atoms with Gasteiger partial charge in [0.05, 0.1) is 0 Å². The third kappa shape index (κ3) is 4.39. The van der Waals surface area contributed by atoms with Crippen molar-refractivity contribution < 1.29 is 14.6 Å². The van der Waals surface area contributed by atoms with Crippen LogP contribution in [0.25, 0.3) is 0 Å². The molecule has 0 amide bonds. The van der Waals surface area contributed by atoms with Crippen molar-refractivity contribution in [2.24, 2.45) is 0 Å². The van der Waals surface area contributed by atoms with Crippen molar-refractivity contribution in [2.75, 3.05) is 6.61 Å². The molecule has 1 aromatic heterocycles. The molecule has 4 heteroatoms. The first-order chi connectivity index (χ1) is 8.76. The quantitative estimate of drug-likeness (QED) is 0.910. The normalized spacial score (nSPS) is 11.9. The number of aromatic nitrogens is 1. The average Bonchev–Trinajstić information content (AvgIpc) is 2.67. The van der Waals surface area contributed by atoms with Crippen LogP contribution in [-0.2, 0) is 11.2 Å². The molecule has 0 atom stereocenters. The highest BCUT2D eigenvalue weighted by atomic mass is 16.6. The molecule has 19 heavy (non-hydrogen) atoms. The minimum Gasteiger partial charge on any atom is -0.443 e. The zero-order valence-corrected chi connectivity index (χ0v) is 12.6. The lowest BCUT2D eigenvalue weighted by molar-refractivity contribution is 0.0526. The molecule has 0 aliphatic heterocycles. The number of carbonyl (C=O) groups excluding carboxylic acids is 1. The van der Waals surface area contributed by atoms with E-state index in [2.05, 4.69) is 0 Å². The molecule has 1 aromatic rings. The van der Waals surface area contributed by atoms with Gasteiger partial charge in [-0.3, -0.25) is 4.57 Å². The SMILES string of the molecule is CC(C)c1ccc(CCCO)n1C(=O)OC(C)(C)C. The molecule has 0 aromatic carbocycles. The Morgan fingerprint density at radius 1 is 1.37 bits per heavy atom. The monoisotopic (exact) mass is 267 g/mol. The van der Waals surface area contributed by atoms with Gasteiger partial charge in [-0.2, -0.15) is 0 Å². The first-order valence-corrected chi connectivity index (χ1v) is 6.81. The molecule has 1 rings (SSSR count). The smallest absolute Gasteiger partial charge is 0.418 e. The van der Waals surface area contributed by atoms with Crippen molar-refractivity contribution >= 4 is 6.09 Å². The Balaban J connectivity index is 3.06. The van der Waals surface area contributed by atoms with Crippen LogP contribution >= 0.6 is 0 Å². The number of rotatable bonds is 4. The summed E-state index contributed by atoms with van der Waals surface area (Å²) in [5.74, 6) is 0.246. The molecule has 0 bridgehead atoms. The van der Waals surface area contributed by atoms with E-state index in [1.807, 2.05) is 46.8 Å². The van der Waals surface area contributed by atoms with Crippen molar-refractivity contribution in [1.82, 2.24) is 4.57 Å². The van der Waals surface area contributed by atoms with E-state index in [1.54, 1.807) is 4.57 Å². The van der Waals surface area contributed by atoms with E-state index in [0.29, 0.717) is 12.8 Å². The second-order valence-electron chi connectivity index (χ2n) is 6.05. The van der Waals surface area contributed by atoms with Gasteiger partial charge in [-0.05, 0) is 51.7 Å². The van der Waals surface area contributed by atoms with Crippen molar-refractivity contribution in [3.63, 3.8) is 0 Å². The Bertz CT molecular complexity index is 427. The summed E-state index contributed by atoms with van der Waals surface area (Å²) in [4.78, 5) is 12.3. The van der Waals surface area contributed by atoms with E-state index in [1.165, 1.54) is 0 Å². The summed E-state index contributed by atoms with van der Waals surface area (Å²) in [6, 6.07) is 3.90. The Labute approximate surface area is 115 Å². The number of hydrogen-bond acceptors (Lipinski definition) is 3. The topological polar surface area (TPSA) is 51.5 Å². The van der Waals surface area contributed by atoms with E-state index >= 15 is 0 Å². The summed E-state index contributed by atoms with van der Waals surface area (Å²) in [5.41, 5.74) is 1.33. The highest BCUT2D eigenvalue weighted by molar-refractivity contribution is 5.73. The number of aliphatic hydroxyl groups excluding tert-OH is 1. The second-order valence-corrected chi connectivity index (χ2v) is 6.05. The maximum Gasteiger partial charge on any atom is 0.418 e. The van der Waals surface area contributed by atoms with Crippen LogP contribution < -0.4 is 0 Å². The van der Waals surface area contributed by atoms with Gasteiger partial charge in [-0.25, -0.2) is 4.79 Å². The molecule has 0 fully saturated rings. The Morgan fingerprint density at radius 3 is 2.47 bits per heavy atom. The number of nitrogens with zero attached hydrogens (tertiary/aromatic N) is 1. The van der Waals surface area contributed by atoms with Crippen LogP contribution in [0.1, 0.15) is 58.3 Å². The van der Waals surface area contributed by atoms with Gasteiger partial charge in [-0.1, -0.05) is 13.8 Å². The van der Waals surface area contributed by atoms with Crippen LogP contribution in [0.2, 0.25) is 0 Å². The van der Waals surface area contributed by atoms with Gasteiger partial charge in [0.1, 0.15) is 5.60 Å². The molecule has 0 saturated carbocycles. The molecular weight excluding hydrogens is 242 g/mol. The highest BCUT2D eigenvalue weighted by Gasteiger charge is 2.22. The molecule has 4 nitrogen and oxygen atoms in total. The number of hydrogen-bond donors (Lipinski definition) is 1. The first-order valence-electron chi connectivity index (χ1n) is 6.81. The molecule has 0 unspecified atom stereocenters. The zero-order valence-electron chi connectivity index (χ0n) is 12.6. The minimum atomic E-state index is -0.510. The van der Waals surface area contributed by atoms with E-state index in [0.717, 1.165) is 11.4 Å². The van der Waals surface area contributed by atoms with E-state index in [-0.39, 0.29) is 18.6 Å². The molecule has 0 saturated heterocycles. The first kappa shape index (κ1) is 15.8. The lowest BCUT2D eigenvalue weighted by Gasteiger charge is -2.22. The van der Waals surface area contributed by atoms with E-state index in [4.69, 9.17) is 9.84 Å². The van der Waals surface area contributed by atoms with Crippen LogP contribution in [0.3, 0.4) is 0 Å². The van der Waals surface area contributed by atoms with E-state index < -0.39 is 5.60 Å². The Kier molecular flexibility index (Phi) is 5.18. The summed E-state index contributed by atoms with van der Waals surface area (Å²) in [7, 11) is 0. The van der Waals surface area contributed by atoms with Crippen molar-refractivity contribution in [3.8, 4) is 0 Å². The van der Waals surface area contributed by atoms with Gasteiger partial charge in [0.25, 0.3) is 0 Å². The van der Waals surface area contributed by atoms with Gasteiger partial charge < -0.3 is 9.84 Å². The fourth-order valence-electron chi connectivity index (χ4n) is 1.93. The van der Waals surface area contributed by atoms with Crippen molar-refractivity contribution in [3.05, 3.63) is 23.5 Å². The summed E-state index contributed by atoms with van der Waals surface area (Å²) in [5, 5.41) is 8.93. The van der Waals surface area contributed by atoms with Gasteiger partial charge >= 0.3 is 6.09 Å². The molecule has 0 aliphatic carbocycles. The molecule has 0 aliphatic rings. The predicted molar refractivity (Wildman–Crippen MR) is 75.6 cm³/mol. The summed E-state index contributed by atoms with van der Waals surface area (Å²) in [6.07, 6.45) is 0.974. The van der Waals surface area contributed by atoms with Gasteiger partial charge in [0.2, 0.25) is 0 Å². The minimum absolute atomic E-state index is 0.122. The molecule has 0 spiro atoms. The van der Waals surface area contributed by atoms with Crippen LogP contribution in [-0.4, -0.2) is 28.0 Å². The van der Waals surface area contributed by atoms with Crippen molar-refractivity contribution in [2.45, 2.75) is 59.0 Å². The lowest BCUT2D eigenvalue weighted by atomic mass is 10.1. The summed E-state index contributed by atoms with van der Waals surface area (Å²) in [6.45, 7) is 9.79. The number of carbonyl (C=O) groups is 1. The molecule has 1 heterocycles. The predicted octanol–water partition coefficient (Wildman–Crippen LogP) is 3.32. The fourth-order valence-corrected chi connectivity index (χ4v) is 1.93. The van der Waals surface area contributed by atoms with Crippen LogP contribution in [0.4, 0.5) is 4.79 Å². The van der Waals surface area contributed by atoms with Gasteiger partial charge in [-0.15, -0.1) is 0 Å². The zero-order chi connectivity index (χ0) is 14.6. The fraction of sp³-hybridized carbons (Fsp3) is 0.667. The standard InChI is InChI=1S/C15H25NO3/c1-11(2)13-9-8-12(7-6-10-17)16(13)14(18)19-15(3,4)5/h8-9,11,17H,6-7,10H2,1-5H3. The van der Waals surface area contributed by atoms with Crippen LogP contribution in [0, 0.1) is 0 Å². The largest absolute Gasteiger partial charge is 0.443 e. The molecular formula is C15H25NO3. The van der Waals surface area contributed by atoms with Crippen molar-refractivity contribution in [1.29, 1.82) is 0 Å². The molecule has 0 radical (unpaired) electrons. The number of aliphatic hydroxyl groups is 1. The second kappa shape index (κ2) is 6.24. The van der Waals surface area contributed by atoms with Crippen LogP contribution in [0.5, 0.6) is 0 Å². The van der Waals surface area contributed by atoms with Crippen LogP contribution in [0.15, 0.2) is 12.1 Å². The molecule has 1 N–H and O–H groups in total.